The Hall–Kier alpha value is -4.78. The minimum absolute atomic E-state index is 0.166. The van der Waals surface area contributed by atoms with Crippen molar-refractivity contribution in [3.8, 4) is 5.75 Å². The Morgan fingerprint density at radius 1 is 0.884 bits per heavy atom. The van der Waals surface area contributed by atoms with Crippen LogP contribution in [0.15, 0.2) is 107 Å². The van der Waals surface area contributed by atoms with Gasteiger partial charge in [0.2, 0.25) is 0 Å². The lowest BCUT2D eigenvalue weighted by Crippen LogP contribution is -2.36. The Labute approximate surface area is 253 Å². The third kappa shape index (κ3) is 8.16. The molecule has 0 spiro atoms. The van der Waals surface area contributed by atoms with E-state index in [0.29, 0.717) is 31.0 Å². The summed E-state index contributed by atoms with van der Waals surface area (Å²) in [6.45, 7) is 6.16. The predicted molar refractivity (Wildman–Crippen MR) is 171 cm³/mol. The van der Waals surface area contributed by atoms with Gasteiger partial charge in [0.25, 0.3) is 5.91 Å². The lowest BCUT2D eigenvalue weighted by molar-refractivity contribution is -0.154. The van der Waals surface area contributed by atoms with Crippen LogP contribution in [0.1, 0.15) is 63.1 Å². The summed E-state index contributed by atoms with van der Waals surface area (Å²) in [7, 11) is 0. The molecule has 0 N–H and O–H groups in total. The molecule has 2 heterocycles. The van der Waals surface area contributed by atoms with Gasteiger partial charge >= 0.3 is 5.97 Å². The molecule has 3 aromatic carbocycles. The average molecular weight is 576 g/mol. The molecule has 0 bridgehead atoms. The molecule has 0 fully saturated rings. The molecule has 1 amide bonds. The molecule has 2 aliphatic heterocycles. The standard InChI is InChI=1S/C36H37N3O4/c1-36(2,3)43-33(40)20-11-6-12-21-42-29-19-13-16-27(22-29)24-31-35(41)39-25-32(28-17-9-5-10-18-28)37-30(34(39)38-31)23-26-14-7-4-8-15-26/h4-5,7-10,13-19,22,24-25H,6,11-12,20-21,23H2,1-3H3/b31-24-. The molecular weight excluding hydrogens is 538 g/mol. The second-order valence-electron chi connectivity index (χ2n) is 11.6. The Bertz CT molecular complexity index is 1580. The molecule has 0 atom stereocenters. The van der Waals surface area contributed by atoms with E-state index in [1.807, 2.05) is 106 Å². The third-order valence-corrected chi connectivity index (χ3v) is 6.82. The lowest BCUT2D eigenvalue weighted by atomic mass is 10.1. The number of aliphatic imine (C=N–C) groups is 2. The molecule has 3 aromatic rings. The summed E-state index contributed by atoms with van der Waals surface area (Å²) in [6.07, 6.45) is 6.99. The third-order valence-electron chi connectivity index (χ3n) is 6.82. The fourth-order valence-corrected chi connectivity index (χ4v) is 4.84. The number of carbonyl (C=O) groups is 2. The maximum Gasteiger partial charge on any atom is 0.306 e. The van der Waals surface area contributed by atoms with Gasteiger partial charge in [0, 0.05) is 24.6 Å². The molecule has 43 heavy (non-hydrogen) atoms. The predicted octanol–water partition coefficient (Wildman–Crippen LogP) is 7.25. The summed E-state index contributed by atoms with van der Waals surface area (Å²) in [4.78, 5) is 36.8. The SMILES string of the molecule is CC(C)(C)OC(=O)CCCCCOc1cccc(/C=C2\N=C3C(Cc4ccccc4)=NC(c4ccccc4)=CN3C2=O)c1. The monoisotopic (exact) mass is 575 g/mol. The van der Waals surface area contributed by atoms with E-state index in [1.54, 1.807) is 17.2 Å². The molecule has 2 aliphatic rings. The van der Waals surface area contributed by atoms with Gasteiger partial charge in [-0.3, -0.25) is 14.5 Å². The Morgan fingerprint density at radius 3 is 2.37 bits per heavy atom. The number of amidine groups is 1. The number of benzene rings is 3. The summed E-state index contributed by atoms with van der Waals surface area (Å²) in [5.41, 5.74) is 4.22. The summed E-state index contributed by atoms with van der Waals surface area (Å²) in [5, 5.41) is 0. The number of ether oxygens (including phenoxy) is 2. The number of amides is 1. The number of nitrogens with zero attached hydrogens (tertiary/aromatic N) is 3. The maximum atomic E-state index is 13.6. The summed E-state index contributed by atoms with van der Waals surface area (Å²) in [6, 6.07) is 27.6. The highest BCUT2D eigenvalue weighted by molar-refractivity contribution is 6.48. The van der Waals surface area contributed by atoms with E-state index < -0.39 is 5.60 Å². The van der Waals surface area contributed by atoms with E-state index in [-0.39, 0.29) is 11.9 Å². The van der Waals surface area contributed by atoms with E-state index in [4.69, 9.17) is 19.5 Å². The van der Waals surface area contributed by atoms with Crippen LogP contribution in [0, 0.1) is 0 Å². The van der Waals surface area contributed by atoms with Crippen LogP contribution in [-0.4, -0.2) is 40.5 Å². The fraction of sp³-hybridized carbons (Fsp3) is 0.278. The highest BCUT2D eigenvalue weighted by atomic mass is 16.6. The normalized spacial score (nSPS) is 15.5. The first-order valence-corrected chi connectivity index (χ1v) is 14.7. The van der Waals surface area contributed by atoms with Crippen molar-refractivity contribution >= 4 is 35.2 Å². The molecule has 0 unspecified atom stereocenters. The van der Waals surface area contributed by atoms with Crippen molar-refractivity contribution in [1.29, 1.82) is 0 Å². The number of carbonyl (C=O) groups excluding carboxylic acids is 2. The van der Waals surface area contributed by atoms with Crippen molar-refractivity contribution in [2.75, 3.05) is 6.61 Å². The molecule has 0 aliphatic carbocycles. The minimum atomic E-state index is -0.454. The zero-order chi connectivity index (χ0) is 30.2. The Balaban J connectivity index is 1.26. The molecule has 7 heteroatoms. The minimum Gasteiger partial charge on any atom is -0.494 e. The molecule has 0 aromatic heterocycles. The van der Waals surface area contributed by atoms with Crippen LogP contribution in [-0.2, 0) is 20.7 Å². The fourth-order valence-electron chi connectivity index (χ4n) is 4.84. The first-order chi connectivity index (χ1) is 20.7. The van der Waals surface area contributed by atoms with E-state index in [9.17, 15) is 9.59 Å². The zero-order valence-corrected chi connectivity index (χ0v) is 25.0. The average Bonchev–Trinajstić information content (AvgIpc) is 3.30. The van der Waals surface area contributed by atoms with Crippen LogP contribution in [0.4, 0.5) is 0 Å². The topological polar surface area (TPSA) is 80.6 Å². The number of rotatable bonds is 11. The second kappa shape index (κ2) is 13.5. The number of unbranched alkanes of at least 4 members (excludes halogenated alkanes) is 2. The Morgan fingerprint density at radius 2 is 1.63 bits per heavy atom. The smallest absolute Gasteiger partial charge is 0.306 e. The summed E-state index contributed by atoms with van der Waals surface area (Å²) in [5.74, 6) is 0.911. The van der Waals surface area contributed by atoms with Gasteiger partial charge in [0.15, 0.2) is 5.84 Å². The van der Waals surface area contributed by atoms with Crippen molar-refractivity contribution in [2.45, 2.75) is 58.5 Å². The molecule has 5 rings (SSSR count). The Kier molecular flexibility index (Phi) is 9.30. The van der Waals surface area contributed by atoms with Gasteiger partial charge in [-0.15, -0.1) is 0 Å². The molecule has 220 valence electrons. The van der Waals surface area contributed by atoms with Crippen molar-refractivity contribution < 1.29 is 19.1 Å². The van der Waals surface area contributed by atoms with Gasteiger partial charge in [-0.1, -0.05) is 72.8 Å². The van der Waals surface area contributed by atoms with Crippen LogP contribution in [0.5, 0.6) is 5.75 Å². The van der Waals surface area contributed by atoms with Gasteiger partial charge < -0.3 is 9.47 Å². The van der Waals surface area contributed by atoms with Crippen molar-refractivity contribution in [3.63, 3.8) is 0 Å². The molecule has 0 saturated carbocycles. The zero-order valence-electron chi connectivity index (χ0n) is 25.0. The molecular formula is C36H37N3O4. The van der Waals surface area contributed by atoms with E-state index >= 15 is 0 Å². The van der Waals surface area contributed by atoms with Crippen LogP contribution < -0.4 is 4.74 Å². The number of esters is 1. The first-order valence-electron chi connectivity index (χ1n) is 14.7. The van der Waals surface area contributed by atoms with Crippen LogP contribution >= 0.6 is 0 Å². The van der Waals surface area contributed by atoms with Crippen LogP contribution in [0.25, 0.3) is 11.8 Å². The quantitative estimate of drug-likeness (QED) is 0.137. The van der Waals surface area contributed by atoms with Crippen molar-refractivity contribution in [2.24, 2.45) is 9.98 Å². The number of fused-ring (bicyclic) bond motifs is 1. The van der Waals surface area contributed by atoms with Crippen LogP contribution in [0.2, 0.25) is 0 Å². The first kappa shape index (κ1) is 29.7. The largest absolute Gasteiger partial charge is 0.494 e. The van der Waals surface area contributed by atoms with Gasteiger partial charge in [-0.2, -0.15) is 0 Å². The van der Waals surface area contributed by atoms with Gasteiger partial charge in [0.1, 0.15) is 17.0 Å². The summed E-state index contributed by atoms with van der Waals surface area (Å²) >= 11 is 0. The van der Waals surface area contributed by atoms with Crippen LogP contribution in [0.3, 0.4) is 0 Å². The van der Waals surface area contributed by atoms with Gasteiger partial charge in [0.05, 0.1) is 18.0 Å². The van der Waals surface area contributed by atoms with E-state index in [0.717, 1.165) is 53.1 Å². The molecule has 0 saturated heterocycles. The van der Waals surface area contributed by atoms with Crippen molar-refractivity contribution in [1.82, 2.24) is 4.90 Å². The lowest BCUT2D eigenvalue weighted by Gasteiger charge is -2.21. The number of hydrogen-bond acceptors (Lipinski definition) is 6. The van der Waals surface area contributed by atoms with Gasteiger partial charge in [-0.05, 0) is 69.4 Å². The highest BCUT2D eigenvalue weighted by Gasteiger charge is 2.35. The van der Waals surface area contributed by atoms with Gasteiger partial charge in [-0.25, -0.2) is 9.98 Å². The maximum absolute atomic E-state index is 13.6. The highest BCUT2D eigenvalue weighted by Crippen LogP contribution is 2.29. The molecule has 7 nitrogen and oxygen atoms in total. The number of hydrogen-bond donors (Lipinski definition) is 0. The molecule has 0 radical (unpaired) electrons. The summed E-state index contributed by atoms with van der Waals surface area (Å²) < 4.78 is 11.3. The van der Waals surface area contributed by atoms with E-state index in [2.05, 4.69) is 0 Å². The van der Waals surface area contributed by atoms with E-state index in [1.165, 1.54) is 0 Å². The van der Waals surface area contributed by atoms with Crippen molar-refractivity contribution in [3.05, 3.63) is 114 Å². The second-order valence-corrected chi connectivity index (χ2v) is 11.6.